The Labute approximate surface area is 188 Å². The van der Waals surface area contributed by atoms with Gasteiger partial charge in [0.15, 0.2) is 0 Å². The molecule has 4 rings (SSSR count). The van der Waals surface area contributed by atoms with E-state index in [1.165, 1.54) is 0 Å². The molecule has 0 aromatic heterocycles. The number of amides is 1. The molecule has 0 radical (unpaired) electrons. The highest BCUT2D eigenvalue weighted by molar-refractivity contribution is 5.69. The highest BCUT2D eigenvalue weighted by Gasteiger charge is 2.27. The molecule has 0 spiro atoms. The number of nitrogens with zero attached hydrogens (tertiary/aromatic N) is 2. The van der Waals surface area contributed by atoms with Crippen molar-refractivity contribution in [3.8, 4) is 22.9 Å². The van der Waals surface area contributed by atoms with Crippen LogP contribution >= 0.6 is 0 Å². The topological polar surface area (TPSA) is 62.6 Å². The first-order valence-electron chi connectivity index (χ1n) is 10.6. The van der Waals surface area contributed by atoms with E-state index in [1.54, 1.807) is 11.0 Å². The molecule has 1 aliphatic rings. The van der Waals surface area contributed by atoms with Gasteiger partial charge >= 0.3 is 6.09 Å². The number of hydrogen-bond donors (Lipinski definition) is 0. The molecule has 0 N–H and O–H groups in total. The number of benzene rings is 3. The molecule has 3 aromatic rings. The summed E-state index contributed by atoms with van der Waals surface area (Å²) in [7, 11) is 0. The molecule has 0 saturated carbocycles. The van der Waals surface area contributed by atoms with Gasteiger partial charge in [-0.15, -0.1) is 0 Å². The molecule has 0 unspecified atom stereocenters. The van der Waals surface area contributed by atoms with E-state index in [9.17, 15) is 4.79 Å². The molecule has 0 aliphatic carbocycles. The van der Waals surface area contributed by atoms with Crippen molar-refractivity contribution in [2.24, 2.45) is 0 Å². The highest BCUT2D eigenvalue weighted by Crippen LogP contribution is 2.29. The van der Waals surface area contributed by atoms with E-state index in [2.05, 4.69) is 12.1 Å². The quantitative estimate of drug-likeness (QED) is 0.509. The Balaban J connectivity index is 1.42. The minimum Gasteiger partial charge on any atom is -0.489 e. The molecule has 0 fully saturated rings. The number of fused-ring (bicyclic) bond motifs is 1. The summed E-state index contributed by atoms with van der Waals surface area (Å²) in [4.78, 5) is 14.1. The second-order valence-electron chi connectivity index (χ2n) is 8.95. The number of rotatable bonds is 4. The molecule has 162 valence electrons. The smallest absolute Gasteiger partial charge is 0.410 e. The number of ether oxygens (including phenoxy) is 2. The Hall–Kier alpha value is -3.78. The summed E-state index contributed by atoms with van der Waals surface area (Å²) >= 11 is 0. The zero-order valence-corrected chi connectivity index (χ0v) is 18.6. The lowest BCUT2D eigenvalue weighted by Crippen LogP contribution is -2.33. The summed E-state index contributed by atoms with van der Waals surface area (Å²) in [5.74, 6) is 0.770. The summed E-state index contributed by atoms with van der Waals surface area (Å²) < 4.78 is 11.5. The molecule has 5 heteroatoms. The number of nitriles is 1. The third-order valence-electron chi connectivity index (χ3n) is 5.21. The fourth-order valence-electron chi connectivity index (χ4n) is 3.69. The van der Waals surface area contributed by atoms with Crippen molar-refractivity contribution in [3.05, 3.63) is 89.0 Å². The van der Waals surface area contributed by atoms with E-state index in [0.717, 1.165) is 33.6 Å². The average Bonchev–Trinajstić information content (AvgIpc) is 3.20. The van der Waals surface area contributed by atoms with Gasteiger partial charge in [0, 0.05) is 13.1 Å². The highest BCUT2D eigenvalue weighted by atomic mass is 16.6. The second kappa shape index (κ2) is 8.76. The fourth-order valence-corrected chi connectivity index (χ4v) is 3.69. The van der Waals surface area contributed by atoms with Crippen LogP contribution in [0.15, 0.2) is 66.7 Å². The first kappa shape index (κ1) is 21.5. The molecular formula is C27H26N2O3. The van der Waals surface area contributed by atoms with Gasteiger partial charge in [0.2, 0.25) is 0 Å². The third-order valence-corrected chi connectivity index (χ3v) is 5.21. The Morgan fingerprint density at radius 2 is 1.69 bits per heavy atom. The normalized spacial score (nSPS) is 12.8. The molecular weight excluding hydrogens is 400 g/mol. The van der Waals surface area contributed by atoms with Crippen molar-refractivity contribution in [1.29, 1.82) is 5.26 Å². The van der Waals surface area contributed by atoms with Gasteiger partial charge in [0.1, 0.15) is 18.0 Å². The van der Waals surface area contributed by atoms with Crippen LogP contribution in [0.1, 0.15) is 43.0 Å². The lowest BCUT2D eigenvalue weighted by atomic mass is 10.0. The first-order chi connectivity index (χ1) is 15.3. The van der Waals surface area contributed by atoms with E-state index in [-0.39, 0.29) is 6.09 Å². The summed E-state index contributed by atoms with van der Waals surface area (Å²) in [5.41, 5.74) is 5.42. The van der Waals surface area contributed by atoms with Crippen LogP contribution in [-0.4, -0.2) is 16.6 Å². The lowest BCUT2D eigenvalue weighted by Gasteiger charge is -2.24. The summed E-state index contributed by atoms with van der Waals surface area (Å²) in [6.45, 7) is 7.11. The molecule has 1 amide bonds. The largest absolute Gasteiger partial charge is 0.489 e. The molecule has 0 atom stereocenters. The van der Waals surface area contributed by atoms with E-state index < -0.39 is 5.60 Å². The minimum absolute atomic E-state index is 0.298. The van der Waals surface area contributed by atoms with Crippen LogP contribution in [0.4, 0.5) is 4.79 Å². The Morgan fingerprint density at radius 1 is 0.969 bits per heavy atom. The van der Waals surface area contributed by atoms with Crippen molar-refractivity contribution >= 4 is 6.09 Å². The standard InChI is InChI=1S/C27H26N2O3/c1-27(2,3)32-26(30)29-16-23-10-11-25(14-24(23)17-29)31-18-20-7-5-9-22(13-20)21-8-4-6-19(12-21)15-28/h4-14H,16-18H2,1-3H3. The summed E-state index contributed by atoms with van der Waals surface area (Å²) in [6, 6.07) is 23.8. The predicted octanol–water partition coefficient (Wildman–Crippen LogP) is 6.05. The number of carbonyl (C=O) groups is 1. The monoisotopic (exact) mass is 426 g/mol. The SMILES string of the molecule is CC(C)(C)OC(=O)N1Cc2ccc(OCc3cccc(-c4cccc(C#N)c4)c3)cc2C1. The maximum atomic E-state index is 12.4. The van der Waals surface area contributed by atoms with Crippen LogP contribution < -0.4 is 4.74 Å². The van der Waals surface area contributed by atoms with Crippen molar-refractivity contribution in [3.63, 3.8) is 0 Å². The average molecular weight is 427 g/mol. The molecule has 1 aliphatic heterocycles. The van der Waals surface area contributed by atoms with Gasteiger partial charge in [0.05, 0.1) is 11.6 Å². The number of hydrogen-bond acceptors (Lipinski definition) is 4. The molecule has 0 saturated heterocycles. The van der Waals surface area contributed by atoms with Gasteiger partial charge in [-0.3, -0.25) is 4.90 Å². The molecule has 0 bridgehead atoms. The second-order valence-corrected chi connectivity index (χ2v) is 8.95. The predicted molar refractivity (Wildman–Crippen MR) is 123 cm³/mol. The van der Waals surface area contributed by atoms with Crippen LogP contribution in [0, 0.1) is 11.3 Å². The fraction of sp³-hybridized carbons (Fsp3) is 0.259. The van der Waals surface area contributed by atoms with Crippen LogP contribution in [0.5, 0.6) is 5.75 Å². The van der Waals surface area contributed by atoms with Crippen LogP contribution in [0.3, 0.4) is 0 Å². The van der Waals surface area contributed by atoms with Crippen LogP contribution in [0.25, 0.3) is 11.1 Å². The van der Waals surface area contributed by atoms with Gasteiger partial charge in [-0.1, -0.05) is 36.4 Å². The summed E-state index contributed by atoms with van der Waals surface area (Å²) in [6.07, 6.45) is -0.298. The van der Waals surface area contributed by atoms with Crippen molar-refractivity contribution in [2.45, 2.75) is 46.1 Å². The van der Waals surface area contributed by atoms with Gasteiger partial charge in [-0.05, 0) is 78.9 Å². The molecule has 3 aromatic carbocycles. The zero-order valence-electron chi connectivity index (χ0n) is 18.6. The van der Waals surface area contributed by atoms with E-state index in [4.69, 9.17) is 14.7 Å². The van der Waals surface area contributed by atoms with E-state index in [0.29, 0.717) is 25.3 Å². The Kier molecular flexibility index (Phi) is 5.87. The molecule has 32 heavy (non-hydrogen) atoms. The third kappa shape index (κ3) is 5.09. The Bertz CT molecular complexity index is 1190. The van der Waals surface area contributed by atoms with E-state index >= 15 is 0 Å². The van der Waals surface area contributed by atoms with Gasteiger partial charge in [-0.25, -0.2) is 4.79 Å². The van der Waals surface area contributed by atoms with E-state index in [1.807, 2.05) is 75.4 Å². The molecule has 5 nitrogen and oxygen atoms in total. The van der Waals surface area contributed by atoms with Crippen LogP contribution in [0.2, 0.25) is 0 Å². The maximum Gasteiger partial charge on any atom is 0.410 e. The number of carbonyl (C=O) groups excluding carboxylic acids is 1. The van der Waals surface area contributed by atoms with Crippen molar-refractivity contribution in [1.82, 2.24) is 4.90 Å². The minimum atomic E-state index is -0.509. The summed E-state index contributed by atoms with van der Waals surface area (Å²) in [5, 5.41) is 9.14. The molecule has 1 heterocycles. The Morgan fingerprint density at radius 3 is 2.44 bits per heavy atom. The van der Waals surface area contributed by atoms with Crippen molar-refractivity contribution < 1.29 is 14.3 Å². The maximum absolute atomic E-state index is 12.4. The first-order valence-corrected chi connectivity index (χ1v) is 10.6. The zero-order chi connectivity index (χ0) is 22.7. The lowest BCUT2D eigenvalue weighted by molar-refractivity contribution is 0.0242. The van der Waals surface area contributed by atoms with Crippen molar-refractivity contribution in [2.75, 3.05) is 0 Å². The van der Waals surface area contributed by atoms with Gasteiger partial charge in [0.25, 0.3) is 0 Å². The van der Waals surface area contributed by atoms with Gasteiger partial charge < -0.3 is 9.47 Å². The van der Waals surface area contributed by atoms with Crippen LogP contribution in [-0.2, 0) is 24.4 Å². The van der Waals surface area contributed by atoms with Gasteiger partial charge in [-0.2, -0.15) is 5.26 Å².